The van der Waals surface area contributed by atoms with Crippen LogP contribution < -0.4 is 0 Å². The molecule has 13 heavy (non-hydrogen) atoms. The standard InChI is InChI=1S/C11H25NO/c1-10(2,3)11(4,5)13-9-8-12(6)7/h8-9H2,1-7H3. The van der Waals surface area contributed by atoms with E-state index in [4.69, 9.17) is 4.74 Å². The van der Waals surface area contributed by atoms with E-state index >= 15 is 0 Å². The molecule has 0 N–H and O–H groups in total. The van der Waals surface area contributed by atoms with Crippen LogP contribution in [0.25, 0.3) is 0 Å². The smallest absolute Gasteiger partial charge is 0.0675 e. The first-order valence-corrected chi connectivity index (χ1v) is 4.95. The van der Waals surface area contributed by atoms with Crippen LogP contribution >= 0.6 is 0 Å². The first-order valence-electron chi connectivity index (χ1n) is 4.95. The van der Waals surface area contributed by atoms with Gasteiger partial charge >= 0.3 is 0 Å². The molecule has 0 unspecified atom stereocenters. The Bertz CT molecular complexity index is 145. The Morgan fingerprint density at radius 2 is 1.46 bits per heavy atom. The molecule has 2 heteroatoms. The van der Waals surface area contributed by atoms with Gasteiger partial charge in [0.05, 0.1) is 12.2 Å². The molecule has 0 aliphatic rings. The maximum absolute atomic E-state index is 5.86. The Kier molecular flexibility index (Phi) is 4.40. The van der Waals surface area contributed by atoms with Crippen LogP contribution in [0.15, 0.2) is 0 Å². The summed E-state index contributed by atoms with van der Waals surface area (Å²) in [6.45, 7) is 12.7. The summed E-state index contributed by atoms with van der Waals surface area (Å²) in [5, 5.41) is 0. The Morgan fingerprint density at radius 1 is 1.00 bits per heavy atom. The second-order valence-corrected chi connectivity index (χ2v) is 5.41. The van der Waals surface area contributed by atoms with Crippen molar-refractivity contribution in [3.8, 4) is 0 Å². The van der Waals surface area contributed by atoms with E-state index in [1.165, 1.54) is 0 Å². The molecule has 0 rings (SSSR count). The molecule has 0 aliphatic carbocycles. The molecule has 2 nitrogen and oxygen atoms in total. The Labute approximate surface area is 83.3 Å². The number of likely N-dealkylation sites (N-methyl/N-ethyl adjacent to an activating group) is 1. The minimum Gasteiger partial charge on any atom is -0.374 e. The van der Waals surface area contributed by atoms with Gasteiger partial charge in [0.1, 0.15) is 0 Å². The number of nitrogens with zero attached hydrogens (tertiary/aromatic N) is 1. The second kappa shape index (κ2) is 4.43. The van der Waals surface area contributed by atoms with Crippen molar-refractivity contribution < 1.29 is 4.74 Å². The molecule has 0 saturated heterocycles. The van der Waals surface area contributed by atoms with Gasteiger partial charge in [-0.2, -0.15) is 0 Å². The van der Waals surface area contributed by atoms with Gasteiger partial charge in [-0.3, -0.25) is 0 Å². The Morgan fingerprint density at radius 3 is 1.77 bits per heavy atom. The monoisotopic (exact) mass is 187 g/mol. The average Bonchev–Trinajstić information content (AvgIpc) is 1.82. The molecule has 0 aromatic rings. The zero-order valence-corrected chi connectivity index (χ0v) is 10.3. The van der Waals surface area contributed by atoms with Gasteiger partial charge in [-0.15, -0.1) is 0 Å². The van der Waals surface area contributed by atoms with Gasteiger partial charge in [0.15, 0.2) is 0 Å². The van der Waals surface area contributed by atoms with Crippen LogP contribution in [-0.2, 0) is 4.74 Å². The SMILES string of the molecule is CN(C)CCOC(C)(C)C(C)(C)C. The lowest BCUT2D eigenvalue weighted by Gasteiger charge is -2.38. The Hall–Kier alpha value is -0.0800. The number of hydrogen-bond donors (Lipinski definition) is 0. The molecule has 0 radical (unpaired) electrons. The van der Waals surface area contributed by atoms with Crippen molar-refractivity contribution in [2.24, 2.45) is 5.41 Å². The highest BCUT2D eigenvalue weighted by Gasteiger charge is 2.33. The van der Waals surface area contributed by atoms with E-state index < -0.39 is 0 Å². The molecule has 0 saturated carbocycles. The average molecular weight is 187 g/mol. The van der Waals surface area contributed by atoms with Crippen molar-refractivity contribution in [3.05, 3.63) is 0 Å². The fourth-order valence-corrected chi connectivity index (χ4v) is 0.700. The molecular formula is C11H25NO. The van der Waals surface area contributed by atoms with Gasteiger partial charge in [-0.05, 0) is 33.4 Å². The van der Waals surface area contributed by atoms with Crippen molar-refractivity contribution in [3.63, 3.8) is 0 Å². The van der Waals surface area contributed by atoms with Crippen LogP contribution in [0.5, 0.6) is 0 Å². The maximum atomic E-state index is 5.86. The van der Waals surface area contributed by atoms with Crippen molar-refractivity contribution in [1.82, 2.24) is 4.90 Å². The predicted molar refractivity (Wildman–Crippen MR) is 58.0 cm³/mol. The molecule has 0 spiro atoms. The minimum atomic E-state index is -0.0526. The molecule has 0 heterocycles. The normalized spacial score (nSPS) is 13.8. The lowest BCUT2D eigenvalue weighted by molar-refractivity contribution is -0.0927. The van der Waals surface area contributed by atoms with Crippen molar-refractivity contribution in [2.75, 3.05) is 27.2 Å². The summed E-state index contributed by atoms with van der Waals surface area (Å²) in [5.41, 5.74) is 0.141. The Balaban J connectivity index is 3.90. The van der Waals surface area contributed by atoms with Crippen LogP contribution in [0.2, 0.25) is 0 Å². The van der Waals surface area contributed by atoms with Crippen molar-refractivity contribution in [2.45, 2.75) is 40.2 Å². The minimum absolute atomic E-state index is 0.0526. The fraction of sp³-hybridized carbons (Fsp3) is 1.00. The maximum Gasteiger partial charge on any atom is 0.0675 e. The quantitative estimate of drug-likeness (QED) is 0.670. The lowest BCUT2D eigenvalue weighted by atomic mass is 9.79. The zero-order valence-electron chi connectivity index (χ0n) is 10.3. The molecule has 0 aromatic carbocycles. The van der Waals surface area contributed by atoms with E-state index in [0.717, 1.165) is 13.2 Å². The van der Waals surface area contributed by atoms with Gasteiger partial charge in [0, 0.05) is 6.54 Å². The first kappa shape index (κ1) is 12.9. The molecule has 0 bridgehead atoms. The van der Waals surface area contributed by atoms with Gasteiger partial charge in [-0.25, -0.2) is 0 Å². The number of ether oxygens (including phenoxy) is 1. The summed E-state index contributed by atoms with van der Waals surface area (Å²) in [6.07, 6.45) is 0. The predicted octanol–water partition coefficient (Wildman–Crippen LogP) is 2.39. The van der Waals surface area contributed by atoms with Gasteiger partial charge in [0.25, 0.3) is 0 Å². The number of rotatable bonds is 4. The van der Waals surface area contributed by atoms with E-state index in [-0.39, 0.29) is 11.0 Å². The second-order valence-electron chi connectivity index (χ2n) is 5.41. The number of hydrogen-bond acceptors (Lipinski definition) is 2. The summed E-state index contributed by atoms with van der Waals surface area (Å²) in [7, 11) is 4.13. The summed E-state index contributed by atoms with van der Waals surface area (Å²) in [5.74, 6) is 0. The molecule has 0 fully saturated rings. The van der Waals surface area contributed by atoms with Crippen LogP contribution in [0.4, 0.5) is 0 Å². The molecule has 0 aliphatic heterocycles. The largest absolute Gasteiger partial charge is 0.374 e. The highest BCUT2D eigenvalue weighted by molar-refractivity contribution is 4.83. The van der Waals surface area contributed by atoms with E-state index in [1.807, 2.05) is 0 Å². The summed E-state index contributed by atoms with van der Waals surface area (Å²) >= 11 is 0. The molecule has 0 aromatic heterocycles. The van der Waals surface area contributed by atoms with E-state index in [0.29, 0.717) is 0 Å². The van der Waals surface area contributed by atoms with Crippen LogP contribution in [0.1, 0.15) is 34.6 Å². The van der Waals surface area contributed by atoms with E-state index in [1.54, 1.807) is 0 Å². The van der Waals surface area contributed by atoms with Gasteiger partial charge in [0.2, 0.25) is 0 Å². The first-order chi connectivity index (χ1) is 5.67. The molecule has 80 valence electrons. The van der Waals surface area contributed by atoms with Crippen molar-refractivity contribution in [1.29, 1.82) is 0 Å². The summed E-state index contributed by atoms with van der Waals surface area (Å²) < 4.78 is 5.86. The van der Waals surface area contributed by atoms with Crippen LogP contribution in [0.3, 0.4) is 0 Å². The summed E-state index contributed by atoms with van der Waals surface area (Å²) in [6, 6.07) is 0. The third kappa shape index (κ3) is 4.63. The highest BCUT2D eigenvalue weighted by atomic mass is 16.5. The van der Waals surface area contributed by atoms with E-state index in [9.17, 15) is 0 Å². The van der Waals surface area contributed by atoms with E-state index in [2.05, 4.69) is 53.6 Å². The molecular weight excluding hydrogens is 162 g/mol. The molecule has 0 atom stereocenters. The zero-order chi connectivity index (χ0) is 10.7. The topological polar surface area (TPSA) is 12.5 Å². The lowest BCUT2D eigenvalue weighted by Crippen LogP contribution is -2.41. The van der Waals surface area contributed by atoms with Crippen LogP contribution in [-0.4, -0.2) is 37.7 Å². The van der Waals surface area contributed by atoms with Gasteiger partial charge < -0.3 is 9.64 Å². The summed E-state index contributed by atoms with van der Waals surface area (Å²) in [4.78, 5) is 2.14. The fourth-order valence-electron chi connectivity index (χ4n) is 0.700. The third-order valence-corrected chi connectivity index (χ3v) is 2.81. The third-order valence-electron chi connectivity index (χ3n) is 2.81. The highest BCUT2D eigenvalue weighted by Crippen LogP contribution is 2.32. The van der Waals surface area contributed by atoms with Gasteiger partial charge in [-0.1, -0.05) is 20.8 Å². The molecule has 0 amide bonds. The van der Waals surface area contributed by atoms with Crippen molar-refractivity contribution >= 4 is 0 Å². The van der Waals surface area contributed by atoms with Crippen LogP contribution in [0, 0.1) is 5.41 Å².